The molecule has 0 bridgehead atoms. The van der Waals surface area contributed by atoms with E-state index in [-0.39, 0.29) is 16.0 Å². The van der Waals surface area contributed by atoms with Crippen LogP contribution in [0.25, 0.3) is 11.4 Å². The van der Waals surface area contributed by atoms with Crippen LogP contribution in [0.4, 0.5) is 0 Å². The minimum Gasteiger partial charge on any atom is -0.609 e. The van der Waals surface area contributed by atoms with Crippen LogP contribution >= 0.6 is 0 Å². The summed E-state index contributed by atoms with van der Waals surface area (Å²) in [5, 5.41) is 17.9. The summed E-state index contributed by atoms with van der Waals surface area (Å²) < 4.78 is 11.5. The van der Waals surface area contributed by atoms with Gasteiger partial charge >= 0.3 is 5.16 Å². The van der Waals surface area contributed by atoms with Crippen LogP contribution < -0.4 is 0 Å². The van der Waals surface area contributed by atoms with Crippen molar-refractivity contribution in [3.63, 3.8) is 0 Å². The fourth-order valence-corrected chi connectivity index (χ4v) is 2.81. The Balaban J connectivity index is 2.68. The number of rotatable bonds is 2. The van der Waals surface area contributed by atoms with E-state index in [1.54, 1.807) is 6.26 Å². The van der Waals surface area contributed by atoms with Gasteiger partial charge in [0.15, 0.2) is 5.82 Å². The first kappa shape index (κ1) is 17.8. The standard InChI is InChI=1S/C17H25N3O2S/c1-16(2,3)11-8-10(9-12(13(11)21)17(4,5)6)14-18-15(20-19-14)23(7)22/h8-9,21H,1-7H3,(H,18,19,20). The van der Waals surface area contributed by atoms with Gasteiger partial charge in [-0.05, 0) is 23.0 Å². The molecule has 0 aliphatic carbocycles. The van der Waals surface area contributed by atoms with Crippen LogP contribution in [-0.2, 0) is 22.0 Å². The number of hydrogen-bond donors (Lipinski definition) is 2. The van der Waals surface area contributed by atoms with Gasteiger partial charge in [-0.1, -0.05) is 41.5 Å². The van der Waals surface area contributed by atoms with Crippen LogP contribution in [0.5, 0.6) is 5.75 Å². The maximum atomic E-state index is 11.5. The molecule has 0 saturated heterocycles. The predicted octanol–water partition coefficient (Wildman–Crippen LogP) is 3.51. The molecule has 0 amide bonds. The molecule has 2 N–H and O–H groups in total. The normalized spacial score (nSPS) is 14.1. The molecule has 2 aromatic rings. The molecule has 1 aromatic carbocycles. The second-order valence-electron chi connectivity index (χ2n) is 7.84. The fraction of sp³-hybridized carbons (Fsp3) is 0.529. The molecule has 1 unspecified atom stereocenters. The summed E-state index contributed by atoms with van der Waals surface area (Å²) in [6.45, 7) is 12.4. The van der Waals surface area contributed by atoms with E-state index in [1.807, 2.05) is 12.1 Å². The first-order chi connectivity index (χ1) is 10.4. The lowest BCUT2D eigenvalue weighted by atomic mass is 9.78. The zero-order valence-corrected chi connectivity index (χ0v) is 15.6. The van der Waals surface area contributed by atoms with Crippen LogP contribution in [0, 0.1) is 0 Å². The molecular formula is C17H25N3O2S. The van der Waals surface area contributed by atoms with Crippen molar-refractivity contribution in [3.8, 4) is 17.1 Å². The van der Waals surface area contributed by atoms with Crippen molar-refractivity contribution in [2.75, 3.05) is 6.26 Å². The van der Waals surface area contributed by atoms with Crippen molar-refractivity contribution < 1.29 is 9.66 Å². The number of hydrogen-bond acceptors (Lipinski definition) is 4. The quantitative estimate of drug-likeness (QED) is 0.823. The Bertz CT molecular complexity index is 674. The number of phenolic OH excluding ortho intramolecular Hbond substituents is 1. The Morgan fingerprint density at radius 3 is 1.87 bits per heavy atom. The monoisotopic (exact) mass is 335 g/mol. The van der Waals surface area contributed by atoms with Gasteiger partial charge in [-0.25, -0.2) is 0 Å². The molecule has 0 aliphatic heterocycles. The number of aromatic nitrogens is 3. The van der Waals surface area contributed by atoms with Gasteiger partial charge in [-0.3, -0.25) is 5.10 Å². The van der Waals surface area contributed by atoms with Crippen molar-refractivity contribution in [3.05, 3.63) is 23.3 Å². The smallest absolute Gasteiger partial charge is 0.361 e. The van der Waals surface area contributed by atoms with Gasteiger partial charge < -0.3 is 9.66 Å². The van der Waals surface area contributed by atoms with Crippen LogP contribution in [0.1, 0.15) is 52.7 Å². The minimum absolute atomic E-state index is 0.212. The molecule has 2 rings (SSSR count). The summed E-state index contributed by atoms with van der Waals surface area (Å²) in [7, 11) is 0. The molecule has 1 atom stereocenters. The third kappa shape index (κ3) is 3.70. The molecule has 0 radical (unpaired) electrons. The fourth-order valence-electron chi connectivity index (χ4n) is 2.42. The number of nitrogens with zero attached hydrogens (tertiary/aromatic N) is 2. The summed E-state index contributed by atoms with van der Waals surface area (Å²) >= 11 is -1.23. The molecule has 1 aromatic heterocycles. The third-order valence-corrected chi connectivity index (χ3v) is 4.42. The van der Waals surface area contributed by atoms with Crippen LogP contribution in [0.15, 0.2) is 17.3 Å². The number of aromatic amines is 1. The third-order valence-electron chi connectivity index (χ3n) is 3.72. The van der Waals surface area contributed by atoms with Crippen molar-refractivity contribution in [1.82, 2.24) is 15.2 Å². The molecule has 126 valence electrons. The van der Waals surface area contributed by atoms with Crippen molar-refractivity contribution in [2.24, 2.45) is 0 Å². The zero-order chi connectivity index (χ0) is 17.6. The molecule has 0 fully saturated rings. The topological polar surface area (TPSA) is 84.9 Å². The van der Waals surface area contributed by atoms with Gasteiger partial charge in [0.2, 0.25) is 0 Å². The maximum absolute atomic E-state index is 11.5. The van der Waals surface area contributed by atoms with E-state index in [0.29, 0.717) is 11.6 Å². The zero-order valence-electron chi connectivity index (χ0n) is 14.8. The molecule has 0 saturated carbocycles. The van der Waals surface area contributed by atoms with Crippen LogP contribution in [0.3, 0.4) is 0 Å². The molecule has 6 heteroatoms. The summed E-state index contributed by atoms with van der Waals surface area (Å²) in [4.78, 5) is 4.31. The Hall–Kier alpha value is -1.53. The van der Waals surface area contributed by atoms with Crippen molar-refractivity contribution in [2.45, 2.75) is 57.5 Å². The first-order valence-corrected chi connectivity index (χ1v) is 9.11. The van der Waals surface area contributed by atoms with Gasteiger partial charge in [0.25, 0.3) is 0 Å². The van der Waals surface area contributed by atoms with E-state index in [1.165, 1.54) is 0 Å². The molecular weight excluding hydrogens is 310 g/mol. The second kappa shape index (κ2) is 5.83. The van der Waals surface area contributed by atoms with Gasteiger partial charge in [0.05, 0.1) is 0 Å². The number of phenols is 1. The highest BCUT2D eigenvalue weighted by Crippen LogP contribution is 2.41. The predicted molar refractivity (Wildman–Crippen MR) is 93.2 cm³/mol. The molecule has 23 heavy (non-hydrogen) atoms. The van der Waals surface area contributed by atoms with Gasteiger partial charge in [0, 0.05) is 27.9 Å². The van der Waals surface area contributed by atoms with Crippen LogP contribution in [-0.4, -0.2) is 31.1 Å². The van der Waals surface area contributed by atoms with Crippen LogP contribution in [0.2, 0.25) is 0 Å². The summed E-state index contributed by atoms with van der Waals surface area (Å²) in [6.07, 6.45) is 1.55. The first-order valence-electron chi connectivity index (χ1n) is 7.55. The summed E-state index contributed by atoms with van der Waals surface area (Å²) in [6, 6.07) is 3.85. The Kier molecular flexibility index (Phi) is 4.52. The molecule has 0 aliphatic rings. The van der Waals surface area contributed by atoms with Gasteiger partial charge in [0.1, 0.15) is 12.0 Å². The minimum atomic E-state index is -1.23. The van der Waals surface area contributed by atoms with E-state index in [2.05, 4.69) is 56.7 Å². The Morgan fingerprint density at radius 1 is 1.04 bits per heavy atom. The molecule has 0 spiro atoms. The average Bonchev–Trinajstić information content (AvgIpc) is 2.85. The van der Waals surface area contributed by atoms with E-state index < -0.39 is 11.2 Å². The lowest BCUT2D eigenvalue weighted by Gasteiger charge is -2.27. The van der Waals surface area contributed by atoms with E-state index in [9.17, 15) is 9.66 Å². The SMILES string of the molecule is C[S+]([O-])c1n[nH]c(-c2cc(C(C)(C)C)c(O)c(C(C)(C)C)c2)n1. The van der Waals surface area contributed by atoms with E-state index in [4.69, 9.17) is 0 Å². The number of aromatic hydroxyl groups is 1. The average molecular weight is 335 g/mol. The van der Waals surface area contributed by atoms with E-state index >= 15 is 0 Å². The summed E-state index contributed by atoms with van der Waals surface area (Å²) in [5.41, 5.74) is 2.13. The summed E-state index contributed by atoms with van der Waals surface area (Å²) in [5.74, 6) is 0.888. The van der Waals surface area contributed by atoms with Gasteiger partial charge in [-0.15, -0.1) is 5.10 Å². The van der Waals surface area contributed by atoms with Crippen molar-refractivity contribution in [1.29, 1.82) is 0 Å². The Morgan fingerprint density at radius 2 is 1.52 bits per heavy atom. The highest BCUT2D eigenvalue weighted by molar-refractivity contribution is 7.90. The largest absolute Gasteiger partial charge is 0.609 e. The second-order valence-corrected chi connectivity index (χ2v) is 9.11. The Labute approximate surface area is 140 Å². The number of benzene rings is 1. The van der Waals surface area contributed by atoms with Crippen molar-refractivity contribution >= 4 is 11.2 Å². The maximum Gasteiger partial charge on any atom is 0.361 e. The number of H-pyrrole nitrogens is 1. The number of nitrogens with one attached hydrogen (secondary N) is 1. The molecule has 5 nitrogen and oxygen atoms in total. The van der Waals surface area contributed by atoms with Gasteiger partial charge in [-0.2, -0.15) is 4.98 Å². The lowest BCUT2D eigenvalue weighted by Crippen LogP contribution is -2.17. The highest BCUT2D eigenvalue weighted by Gasteiger charge is 2.27. The highest BCUT2D eigenvalue weighted by atomic mass is 32.2. The molecule has 1 heterocycles. The van der Waals surface area contributed by atoms with E-state index in [0.717, 1.165) is 16.7 Å². The lowest BCUT2D eigenvalue weighted by molar-refractivity contribution is 0.423.